The largest absolute Gasteiger partial charge is 0.488 e. The van der Waals surface area contributed by atoms with Gasteiger partial charge in [0.25, 0.3) is 0 Å². The molecule has 0 spiro atoms. The van der Waals surface area contributed by atoms with Crippen molar-refractivity contribution >= 4 is 30.9 Å². The van der Waals surface area contributed by atoms with E-state index >= 15 is 0 Å². The summed E-state index contributed by atoms with van der Waals surface area (Å²) < 4.78 is 19.9. The highest BCUT2D eigenvalue weighted by Gasteiger charge is 2.40. The summed E-state index contributed by atoms with van der Waals surface area (Å²) in [5, 5.41) is 8.82. The van der Waals surface area contributed by atoms with Crippen molar-refractivity contribution in [2.45, 2.75) is 84.2 Å². The molecule has 4 aromatic rings. The number of carbonyl (C=O) groups is 1. The van der Waals surface area contributed by atoms with Crippen molar-refractivity contribution in [3.8, 4) is 17.1 Å². The van der Waals surface area contributed by atoms with Crippen LogP contribution in [0.3, 0.4) is 0 Å². The fraction of sp³-hybridized carbons (Fsp3) is 0.500. The van der Waals surface area contributed by atoms with Gasteiger partial charge in [-0.05, 0) is 67.8 Å². The highest BCUT2D eigenvalue weighted by Crippen LogP contribution is 2.46. The van der Waals surface area contributed by atoms with Crippen molar-refractivity contribution in [3.63, 3.8) is 0 Å². The molecule has 2 aliphatic carbocycles. The van der Waals surface area contributed by atoms with Crippen molar-refractivity contribution in [2.24, 2.45) is 5.41 Å². The highest BCUT2D eigenvalue weighted by atomic mass is 28.3. The number of anilines is 1. The Kier molecular flexibility index (Phi) is 9.57. The zero-order valence-electron chi connectivity index (χ0n) is 28.4. The van der Waals surface area contributed by atoms with Gasteiger partial charge in [0.05, 0.1) is 16.9 Å². The maximum atomic E-state index is 12.5. The molecule has 2 saturated carbocycles. The molecule has 2 aromatic heterocycles. The highest BCUT2D eigenvalue weighted by molar-refractivity contribution is 6.76. The Hall–Kier alpha value is -3.96. The van der Waals surface area contributed by atoms with Gasteiger partial charge in [0, 0.05) is 45.8 Å². The third-order valence-electron chi connectivity index (χ3n) is 9.00. The minimum atomic E-state index is -1.23. The van der Waals surface area contributed by atoms with E-state index in [2.05, 4.69) is 49.8 Å². The molecule has 2 aromatic carbocycles. The number of hydrogen-bond donors (Lipinski definition) is 1. The number of rotatable bonds is 16. The SMILES string of the molecule is CC1(CN(CCNC(=O)OCc2ccccc2)c2cc(-c3c4cc(OC5(C)CC5)ccc4nn3COCC[Si](C)(C)C)ncn2)CC1. The molecule has 0 atom stereocenters. The molecule has 47 heavy (non-hydrogen) atoms. The first kappa shape index (κ1) is 33.0. The number of ether oxygens (including phenoxy) is 3. The van der Waals surface area contributed by atoms with Gasteiger partial charge in [0.2, 0.25) is 0 Å². The van der Waals surface area contributed by atoms with Gasteiger partial charge in [-0.15, -0.1) is 0 Å². The van der Waals surface area contributed by atoms with Gasteiger partial charge in [-0.25, -0.2) is 19.4 Å². The van der Waals surface area contributed by atoms with Gasteiger partial charge in [0.1, 0.15) is 36.8 Å². The third-order valence-corrected chi connectivity index (χ3v) is 10.7. The molecule has 2 aliphatic rings. The summed E-state index contributed by atoms with van der Waals surface area (Å²) in [5.41, 5.74) is 3.59. The quantitative estimate of drug-likeness (QED) is 0.0992. The normalized spacial score (nSPS) is 16.1. The average molecular weight is 657 g/mol. The van der Waals surface area contributed by atoms with E-state index in [0.717, 1.165) is 64.9 Å². The van der Waals surface area contributed by atoms with Crippen molar-refractivity contribution in [3.05, 3.63) is 66.5 Å². The number of nitrogens with one attached hydrogen (secondary N) is 1. The van der Waals surface area contributed by atoms with E-state index in [1.807, 2.05) is 53.2 Å². The molecule has 10 nitrogen and oxygen atoms in total. The van der Waals surface area contributed by atoms with Crippen LogP contribution in [-0.4, -0.2) is 65.8 Å². The van der Waals surface area contributed by atoms with Crippen molar-refractivity contribution < 1.29 is 19.0 Å². The van der Waals surface area contributed by atoms with E-state index in [9.17, 15) is 4.79 Å². The number of benzene rings is 2. The summed E-state index contributed by atoms with van der Waals surface area (Å²) in [6, 6.07) is 18.9. The summed E-state index contributed by atoms with van der Waals surface area (Å²) in [7, 11) is -1.23. The molecule has 1 N–H and O–H groups in total. The molecule has 0 unspecified atom stereocenters. The van der Waals surface area contributed by atoms with Crippen molar-refractivity contribution in [2.75, 3.05) is 31.1 Å². The van der Waals surface area contributed by atoms with Crippen LogP contribution in [-0.2, 0) is 22.8 Å². The number of aromatic nitrogens is 4. The molecule has 6 rings (SSSR count). The van der Waals surface area contributed by atoms with Gasteiger partial charge >= 0.3 is 6.09 Å². The summed E-state index contributed by atoms with van der Waals surface area (Å²) in [6.07, 6.45) is 5.65. The predicted molar refractivity (Wildman–Crippen MR) is 187 cm³/mol. The summed E-state index contributed by atoms with van der Waals surface area (Å²) in [4.78, 5) is 24.2. The van der Waals surface area contributed by atoms with E-state index in [1.165, 1.54) is 12.8 Å². The van der Waals surface area contributed by atoms with Crippen LogP contribution >= 0.6 is 0 Å². The predicted octanol–water partition coefficient (Wildman–Crippen LogP) is 7.27. The van der Waals surface area contributed by atoms with Crippen LogP contribution in [0.2, 0.25) is 25.7 Å². The Bertz CT molecular complexity index is 1680. The van der Waals surface area contributed by atoms with Crippen molar-refractivity contribution in [1.29, 1.82) is 0 Å². The van der Waals surface area contributed by atoms with E-state index < -0.39 is 14.2 Å². The molecule has 250 valence electrons. The Morgan fingerprint density at radius 1 is 1.02 bits per heavy atom. The van der Waals surface area contributed by atoms with E-state index in [0.29, 0.717) is 26.4 Å². The minimum Gasteiger partial charge on any atom is -0.488 e. The fourth-order valence-electron chi connectivity index (χ4n) is 5.45. The van der Waals surface area contributed by atoms with E-state index in [1.54, 1.807) is 6.33 Å². The molecule has 0 bridgehead atoms. The lowest BCUT2D eigenvalue weighted by molar-refractivity contribution is 0.0802. The molecule has 0 aliphatic heterocycles. The molecule has 0 radical (unpaired) electrons. The summed E-state index contributed by atoms with van der Waals surface area (Å²) in [5.74, 6) is 1.64. The fourth-order valence-corrected chi connectivity index (χ4v) is 6.21. The van der Waals surface area contributed by atoms with Crippen LogP contribution in [0.15, 0.2) is 60.9 Å². The second kappa shape index (κ2) is 13.6. The zero-order valence-corrected chi connectivity index (χ0v) is 29.4. The Balaban J connectivity index is 1.22. The second-order valence-corrected chi connectivity index (χ2v) is 20.5. The molecule has 2 heterocycles. The Morgan fingerprint density at radius 3 is 2.53 bits per heavy atom. The Labute approximate surface area is 278 Å². The van der Waals surface area contributed by atoms with Gasteiger partial charge in [0.15, 0.2) is 0 Å². The number of fused-ring (bicyclic) bond motifs is 1. The lowest BCUT2D eigenvalue weighted by atomic mass is 10.1. The monoisotopic (exact) mass is 656 g/mol. The van der Waals surface area contributed by atoms with Gasteiger partial charge < -0.3 is 24.4 Å². The van der Waals surface area contributed by atoms with Crippen LogP contribution in [0.25, 0.3) is 22.3 Å². The maximum Gasteiger partial charge on any atom is 0.407 e. The van der Waals surface area contributed by atoms with Gasteiger partial charge in [-0.1, -0.05) is 56.9 Å². The van der Waals surface area contributed by atoms with Gasteiger partial charge in [-0.3, -0.25) is 0 Å². The zero-order chi connectivity index (χ0) is 33.1. The number of carbonyl (C=O) groups excluding carboxylic acids is 1. The Morgan fingerprint density at radius 2 is 1.81 bits per heavy atom. The van der Waals surface area contributed by atoms with Gasteiger partial charge in [-0.2, -0.15) is 5.10 Å². The number of alkyl carbamates (subject to hydrolysis) is 1. The van der Waals surface area contributed by atoms with E-state index in [-0.39, 0.29) is 17.6 Å². The maximum absolute atomic E-state index is 12.5. The standard InChI is InChI=1S/C36H48N6O4Si/c1-35(13-14-35)24-41(18-17-37-34(43)45-23-27-9-7-6-8-10-27)32-22-31(38-25-39-32)33-29-21-28(46-36(2)15-16-36)11-12-30(29)40-42(33)26-44-19-20-47(3,4)5/h6-12,21-22,25H,13-20,23-24,26H2,1-5H3,(H,37,43). The lowest BCUT2D eigenvalue weighted by Gasteiger charge is -2.27. The smallest absolute Gasteiger partial charge is 0.407 e. The molecule has 1 amide bonds. The molecule has 11 heteroatoms. The molecule has 0 saturated heterocycles. The first-order chi connectivity index (χ1) is 22.5. The number of nitrogens with zero attached hydrogens (tertiary/aromatic N) is 5. The molecular formula is C36H48N6O4Si. The average Bonchev–Trinajstić information content (AvgIpc) is 3.93. The van der Waals surface area contributed by atoms with Crippen molar-refractivity contribution in [1.82, 2.24) is 25.1 Å². The summed E-state index contributed by atoms with van der Waals surface area (Å²) in [6.45, 7) is 14.6. The molecular weight excluding hydrogens is 609 g/mol. The first-order valence-corrected chi connectivity index (χ1v) is 20.5. The van der Waals surface area contributed by atoms with Crippen LogP contribution < -0.4 is 15.0 Å². The second-order valence-electron chi connectivity index (χ2n) is 14.9. The van der Waals surface area contributed by atoms with E-state index in [4.69, 9.17) is 29.3 Å². The minimum absolute atomic E-state index is 0.0900. The van der Waals surface area contributed by atoms with Crippen LogP contribution in [0.1, 0.15) is 45.1 Å². The van der Waals surface area contributed by atoms with Crippen LogP contribution in [0, 0.1) is 5.41 Å². The molecule has 2 fully saturated rings. The first-order valence-electron chi connectivity index (χ1n) is 16.8. The van der Waals surface area contributed by atoms with Crippen LogP contribution in [0.5, 0.6) is 5.75 Å². The van der Waals surface area contributed by atoms with Crippen LogP contribution in [0.4, 0.5) is 10.6 Å². The number of amides is 1. The summed E-state index contributed by atoms with van der Waals surface area (Å²) >= 11 is 0. The lowest BCUT2D eigenvalue weighted by Crippen LogP contribution is -2.38. The third kappa shape index (κ3) is 9.10. The number of hydrogen-bond acceptors (Lipinski definition) is 8. The topological polar surface area (TPSA) is 104 Å².